The Hall–Kier alpha value is -2.14. The van der Waals surface area contributed by atoms with Gasteiger partial charge in [-0.2, -0.15) is 0 Å². The van der Waals surface area contributed by atoms with Crippen molar-refractivity contribution in [3.05, 3.63) is 47.6 Å². The second kappa shape index (κ2) is 5.81. The number of halogens is 1. The van der Waals surface area contributed by atoms with E-state index in [9.17, 15) is 0 Å². The maximum Gasteiger partial charge on any atom is 0.145 e. The molecule has 0 radical (unpaired) electrons. The second-order valence-corrected chi connectivity index (χ2v) is 6.52. The summed E-state index contributed by atoms with van der Waals surface area (Å²) in [5, 5.41) is 4.89. The Balaban J connectivity index is 1.38. The Morgan fingerprint density at radius 3 is 2.96 bits per heavy atom. The number of aryl methyl sites for hydroxylation is 1. The van der Waals surface area contributed by atoms with Gasteiger partial charge in [0.15, 0.2) is 0 Å². The smallest absolute Gasteiger partial charge is 0.145 e. The van der Waals surface area contributed by atoms with E-state index in [1.54, 1.807) is 0 Å². The monoisotopic (exact) mass is 327 g/mol. The van der Waals surface area contributed by atoms with Crippen LogP contribution >= 0.6 is 11.6 Å². The normalized spacial score (nSPS) is 20.4. The fraction of sp³-hybridized carbons (Fsp3) is 0.353. The zero-order valence-corrected chi connectivity index (χ0v) is 13.7. The number of nitrogens with one attached hydrogen (secondary N) is 1. The molecule has 0 bridgehead atoms. The molecular weight excluding hydrogens is 310 g/mol. The van der Waals surface area contributed by atoms with Crippen LogP contribution in [0, 0.1) is 12.8 Å². The number of hydrogen-bond acceptors (Lipinski definition) is 4. The van der Waals surface area contributed by atoms with Crippen LogP contribution in [0.25, 0.3) is 11.0 Å². The lowest BCUT2D eigenvalue weighted by molar-refractivity contribution is 0.213. The molecule has 0 spiro atoms. The van der Waals surface area contributed by atoms with Gasteiger partial charge in [0.05, 0.1) is 5.39 Å². The Labute approximate surface area is 139 Å². The molecule has 1 saturated carbocycles. The summed E-state index contributed by atoms with van der Waals surface area (Å²) in [6.45, 7) is 2.97. The van der Waals surface area contributed by atoms with E-state index in [1.807, 2.05) is 31.2 Å². The average molecular weight is 328 g/mol. The summed E-state index contributed by atoms with van der Waals surface area (Å²) < 4.78 is 2.23. The first-order valence-corrected chi connectivity index (χ1v) is 8.23. The van der Waals surface area contributed by atoms with Crippen molar-refractivity contribution in [2.45, 2.75) is 25.8 Å². The Bertz CT molecular complexity index is 838. The quantitative estimate of drug-likeness (QED) is 0.739. The number of pyridine rings is 1. The molecule has 1 fully saturated rings. The highest BCUT2D eigenvalue weighted by Crippen LogP contribution is 2.39. The molecule has 23 heavy (non-hydrogen) atoms. The van der Waals surface area contributed by atoms with Crippen molar-refractivity contribution >= 4 is 28.5 Å². The average Bonchev–Trinajstić information content (AvgIpc) is 2.91. The van der Waals surface area contributed by atoms with Gasteiger partial charge in [-0.25, -0.2) is 15.0 Å². The maximum atomic E-state index is 6.11. The molecule has 6 heteroatoms. The molecule has 3 aromatic heterocycles. The van der Waals surface area contributed by atoms with E-state index in [0.29, 0.717) is 17.1 Å². The largest absolute Gasteiger partial charge is 0.370 e. The molecular formula is C17H18ClN5. The van der Waals surface area contributed by atoms with Gasteiger partial charge in [0, 0.05) is 24.5 Å². The fourth-order valence-corrected chi connectivity index (χ4v) is 3.41. The number of hydrogen-bond donors (Lipinski definition) is 1. The van der Waals surface area contributed by atoms with Gasteiger partial charge in [0.25, 0.3) is 0 Å². The molecule has 0 atom stereocenters. The third-order valence-electron chi connectivity index (χ3n) is 4.53. The van der Waals surface area contributed by atoms with Gasteiger partial charge >= 0.3 is 0 Å². The van der Waals surface area contributed by atoms with Crippen LogP contribution in [0.5, 0.6) is 0 Å². The molecule has 1 aliphatic rings. The molecule has 0 saturated heterocycles. The summed E-state index contributed by atoms with van der Waals surface area (Å²) >= 11 is 6.11. The van der Waals surface area contributed by atoms with E-state index in [-0.39, 0.29) is 0 Å². The topological polar surface area (TPSA) is 55.6 Å². The molecule has 3 heterocycles. The number of rotatable bonds is 4. The summed E-state index contributed by atoms with van der Waals surface area (Å²) in [6.07, 6.45) is 5.89. The van der Waals surface area contributed by atoms with Crippen LogP contribution in [0.4, 0.5) is 5.82 Å². The summed E-state index contributed by atoms with van der Waals surface area (Å²) in [7, 11) is 0. The molecule has 1 aliphatic carbocycles. The van der Waals surface area contributed by atoms with Crippen LogP contribution in [0.3, 0.4) is 0 Å². The Kier molecular flexibility index (Phi) is 3.65. The van der Waals surface area contributed by atoms with E-state index in [4.69, 9.17) is 11.6 Å². The predicted octanol–water partition coefficient (Wildman–Crippen LogP) is 3.85. The summed E-state index contributed by atoms with van der Waals surface area (Å²) in [5.41, 5.74) is 1.97. The maximum absolute atomic E-state index is 6.11. The molecule has 4 rings (SSSR count). The highest BCUT2D eigenvalue weighted by Gasteiger charge is 2.31. The van der Waals surface area contributed by atoms with E-state index >= 15 is 0 Å². The molecule has 0 aliphatic heterocycles. The lowest BCUT2D eigenvalue weighted by atomic mass is 9.80. The van der Waals surface area contributed by atoms with Crippen LogP contribution in [0.15, 0.2) is 36.8 Å². The molecule has 1 N–H and O–H groups in total. The van der Waals surface area contributed by atoms with Gasteiger partial charge in [-0.15, -0.1) is 0 Å². The second-order valence-electron chi connectivity index (χ2n) is 6.16. The van der Waals surface area contributed by atoms with Crippen LogP contribution in [0.2, 0.25) is 5.15 Å². The number of aromatic nitrogens is 4. The third-order valence-corrected chi connectivity index (χ3v) is 4.83. The minimum atomic E-state index is 0.496. The van der Waals surface area contributed by atoms with E-state index in [0.717, 1.165) is 41.9 Å². The minimum absolute atomic E-state index is 0.496. The van der Waals surface area contributed by atoms with Crippen LogP contribution in [0.1, 0.15) is 24.6 Å². The van der Waals surface area contributed by atoms with Crippen molar-refractivity contribution in [1.29, 1.82) is 0 Å². The lowest BCUT2D eigenvalue weighted by Gasteiger charge is -2.36. The van der Waals surface area contributed by atoms with Crippen LogP contribution < -0.4 is 5.32 Å². The van der Waals surface area contributed by atoms with Gasteiger partial charge in [-0.3, -0.25) is 0 Å². The molecule has 5 nitrogen and oxygen atoms in total. The third kappa shape index (κ3) is 2.77. The first-order valence-electron chi connectivity index (χ1n) is 7.85. The van der Waals surface area contributed by atoms with Crippen molar-refractivity contribution in [3.63, 3.8) is 0 Å². The Morgan fingerprint density at radius 1 is 1.26 bits per heavy atom. The van der Waals surface area contributed by atoms with Gasteiger partial charge in [-0.1, -0.05) is 17.7 Å². The number of fused-ring (bicyclic) bond motifs is 1. The SMILES string of the molecule is Cc1cccc(NC[C@H]2C[C@@H](n3ccc4c(Cl)ncnc43)C2)n1. The van der Waals surface area contributed by atoms with Gasteiger partial charge in [0.2, 0.25) is 0 Å². The van der Waals surface area contributed by atoms with Crippen molar-refractivity contribution < 1.29 is 0 Å². The predicted molar refractivity (Wildman–Crippen MR) is 91.8 cm³/mol. The first kappa shape index (κ1) is 14.5. The summed E-state index contributed by atoms with van der Waals surface area (Å²) in [6, 6.07) is 8.55. The molecule has 3 aromatic rings. The highest BCUT2D eigenvalue weighted by molar-refractivity contribution is 6.33. The van der Waals surface area contributed by atoms with E-state index in [2.05, 4.69) is 31.0 Å². The lowest BCUT2D eigenvalue weighted by Crippen LogP contribution is -2.31. The molecule has 0 amide bonds. The van der Waals surface area contributed by atoms with E-state index < -0.39 is 0 Å². The molecule has 118 valence electrons. The minimum Gasteiger partial charge on any atom is -0.370 e. The fourth-order valence-electron chi connectivity index (χ4n) is 3.22. The molecule has 0 unspecified atom stereocenters. The Morgan fingerprint density at radius 2 is 2.13 bits per heavy atom. The van der Waals surface area contributed by atoms with Gasteiger partial charge < -0.3 is 9.88 Å². The van der Waals surface area contributed by atoms with Crippen LogP contribution in [-0.2, 0) is 0 Å². The van der Waals surface area contributed by atoms with Crippen molar-refractivity contribution in [3.8, 4) is 0 Å². The zero-order chi connectivity index (χ0) is 15.8. The molecule has 0 aromatic carbocycles. The van der Waals surface area contributed by atoms with Gasteiger partial charge in [-0.05, 0) is 43.9 Å². The first-order chi connectivity index (χ1) is 11.2. The summed E-state index contributed by atoms with van der Waals surface area (Å²) in [5.74, 6) is 1.62. The van der Waals surface area contributed by atoms with Gasteiger partial charge in [0.1, 0.15) is 22.9 Å². The highest BCUT2D eigenvalue weighted by atomic mass is 35.5. The van der Waals surface area contributed by atoms with E-state index in [1.165, 1.54) is 6.33 Å². The zero-order valence-electron chi connectivity index (χ0n) is 12.9. The van der Waals surface area contributed by atoms with Crippen molar-refractivity contribution in [2.24, 2.45) is 5.92 Å². The number of anilines is 1. The van der Waals surface area contributed by atoms with Crippen molar-refractivity contribution in [1.82, 2.24) is 19.5 Å². The van der Waals surface area contributed by atoms with Crippen molar-refractivity contribution in [2.75, 3.05) is 11.9 Å². The van der Waals surface area contributed by atoms with Crippen LogP contribution in [-0.4, -0.2) is 26.1 Å². The standard InChI is InChI=1S/C17H18ClN5/c1-11-3-2-4-15(22-11)19-9-12-7-13(8-12)23-6-5-14-16(18)20-10-21-17(14)23/h2-6,10,12-13H,7-9H2,1H3,(H,19,22)/t12-,13+. The summed E-state index contributed by atoms with van der Waals surface area (Å²) in [4.78, 5) is 12.9. The number of nitrogens with zero attached hydrogens (tertiary/aromatic N) is 4.